The van der Waals surface area contributed by atoms with Gasteiger partial charge in [0.2, 0.25) is 0 Å². The van der Waals surface area contributed by atoms with E-state index in [0.29, 0.717) is 22.4 Å². The molecule has 2 heterocycles. The summed E-state index contributed by atoms with van der Waals surface area (Å²) in [5, 5.41) is 22.9. The Bertz CT molecular complexity index is 699. The average Bonchev–Trinajstić information content (AvgIpc) is 2.60. The number of hydrazone groups is 1. The van der Waals surface area contributed by atoms with E-state index in [4.69, 9.17) is 0 Å². The molecule has 0 aliphatic rings. The van der Waals surface area contributed by atoms with Gasteiger partial charge in [-0.25, -0.2) is 5.43 Å². The normalized spacial score (nSPS) is 9.76. The number of aryl methyl sites for hydroxylation is 1. The molecule has 1 radical (unpaired) electrons. The molecule has 25 heavy (non-hydrogen) atoms. The summed E-state index contributed by atoms with van der Waals surface area (Å²) in [5.41, 5.74) is 3.90. The molecule has 2 rings (SSSR count). The number of amides is 1. The summed E-state index contributed by atoms with van der Waals surface area (Å²) in [6, 6.07) is 3.11. The first-order valence-electron chi connectivity index (χ1n) is 6.94. The Morgan fingerprint density at radius 2 is 2.04 bits per heavy atom. The molecule has 3 N–H and O–H groups in total. The molecule has 0 saturated carbocycles. The van der Waals surface area contributed by atoms with Crippen molar-refractivity contribution in [2.24, 2.45) is 5.10 Å². The predicted octanol–water partition coefficient (Wildman–Crippen LogP) is 2.35. The second kappa shape index (κ2) is 12.8. The van der Waals surface area contributed by atoms with Crippen LogP contribution in [0.15, 0.2) is 35.8 Å². The van der Waals surface area contributed by atoms with E-state index in [-0.39, 0.29) is 30.9 Å². The van der Waals surface area contributed by atoms with Gasteiger partial charge in [-0.1, -0.05) is 0 Å². The number of hydrogen-bond donors (Lipinski definition) is 3. The fourth-order valence-corrected chi connectivity index (χ4v) is 1.65. The van der Waals surface area contributed by atoms with Gasteiger partial charge in [-0.05, 0) is 19.1 Å². The minimum absolute atomic E-state index is 0. The standard InChI is InChI=1S/C14H14N4O3.C2H4I.V/c1-9-13(20)12(11(8-19)6-16-9)7-17-18-14(21)10-2-4-15-5-3-10;1-2-3;/h2-7,19-20H,8H2,1H3,(H,18,21);2H,1H3;/q;-1;/b17-7+;;. The molecule has 9 heteroatoms. The van der Waals surface area contributed by atoms with Crippen molar-refractivity contribution in [2.75, 3.05) is 0 Å². The Morgan fingerprint density at radius 3 is 2.60 bits per heavy atom. The van der Waals surface area contributed by atoms with E-state index >= 15 is 0 Å². The number of carbonyl (C=O) groups excluding carboxylic acids is 1. The molecule has 0 aliphatic carbocycles. The smallest absolute Gasteiger partial charge is 0.271 e. The van der Waals surface area contributed by atoms with Crippen molar-refractivity contribution in [2.45, 2.75) is 20.5 Å². The molecule has 0 fully saturated rings. The second-order valence-corrected chi connectivity index (χ2v) is 5.69. The summed E-state index contributed by atoms with van der Waals surface area (Å²) >= 11 is 2.16. The SMILES string of the molecule is C[CH-]I.Cc1ncc(CO)c(/C=N/NC(=O)c2ccncc2)c1O.[V]. The summed E-state index contributed by atoms with van der Waals surface area (Å²) in [5.74, 6) is -0.479. The molecule has 2 aromatic rings. The van der Waals surface area contributed by atoms with E-state index in [1.807, 2.05) is 11.4 Å². The van der Waals surface area contributed by atoms with E-state index in [1.54, 1.807) is 19.1 Å². The zero-order chi connectivity index (χ0) is 17.9. The van der Waals surface area contributed by atoms with Gasteiger partial charge in [-0.15, -0.1) is 0 Å². The summed E-state index contributed by atoms with van der Waals surface area (Å²) in [6.45, 7) is 3.32. The van der Waals surface area contributed by atoms with Crippen molar-refractivity contribution < 1.29 is 33.6 Å². The first kappa shape index (κ1) is 23.5. The molecule has 0 bridgehead atoms. The third-order valence-electron chi connectivity index (χ3n) is 2.83. The van der Waals surface area contributed by atoms with Crippen LogP contribution in [-0.2, 0) is 25.2 Å². The van der Waals surface area contributed by atoms with Gasteiger partial charge in [0, 0.05) is 53.8 Å². The van der Waals surface area contributed by atoms with Crippen LogP contribution < -0.4 is 5.43 Å². The van der Waals surface area contributed by atoms with Crippen LogP contribution in [-0.4, -0.2) is 32.3 Å². The number of aliphatic hydroxyl groups is 1. The molecule has 133 valence electrons. The van der Waals surface area contributed by atoms with E-state index in [1.165, 1.54) is 24.8 Å². The van der Waals surface area contributed by atoms with Gasteiger partial charge >= 0.3 is 0 Å². The maximum absolute atomic E-state index is 11.8. The molecule has 0 spiro atoms. The van der Waals surface area contributed by atoms with Crippen molar-refractivity contribution in [3.05, 3.63) is 57.5 Å². The van der Waals surface area contributed by atoms with E-state index < -0.39 is 5.91 Å². The molecule has 0 aliphatic heterocycles. The number of carbonyl (C=O) groups is 1. The number of hydrogen-bond acceptors (Lipinski definition) is 6. The van der Waals surface area contributed by atoms with Crippen LogP contribution >= 0.6 is 22.6 Å². The first-order chi connectivity index (χ1) is 11.5. The number of rotatable bonds is 4. The van der Waals surface area contributed by atoms with Crippen LogP contribution in [0.4, 0.5) is 0 Å². The monoisotopic (exact) mass is 492 g/mol. The second-order valence-electron chi connectivity index (χ2n) is 4.44. The molecular formula is C16H18IN4O3V-. The molecule has 2 aromatic heterocycles. The van der Waals surface area contributed by atoms with Crippen LogP contribution in [0.3, 0.4) is 0 Å². The van der Waals surface area contributed by atoms with Crippen LogP contribution in [0, 0.1) is 11.4 Å². The summed E-state index contributed by atoms with van der Waals surface area (Å²) < 4.78 is 1.97. The molecule has 1 amide bonds. The van der Waals surface area contributed by atoms with Gasteiger partial charge < -0.3 is 32.8 Å². The van der Waals surface area contributed by atoms with Crippen molar-refractivity contribution in [1.82, 2.24) is 15.4 Å². The van der Waals surface area contributed by atoms with Crippen LogP contribution in [0.1, 0.15) is 34.1 Å². The topological polar surface area (TPSA) is 108 Å². The third-order valence-corrected chi connectivity index (χ3v) is 2.83. The average molecular weight is 492 g/mol. The fourth-order valence-electron chi connectivity index (χ4n) is 1.65. The number of halogens is 1. The number of pyridine rings is 2. The molecular weight excluding hydrogens is 474 g/mol. The Balaban J connectivity index is 0.00000134. The van der Waals surface area contributed by atoms with E-state index in [9.17, 15) is 15.0 Å². The molecule has 0 aromatic carbocycles. The third kappa shape index (κ3) is 7.51. The largest absolute Gasteiger partial charge is 0.505 e. The maximum Gasteiger partial charge on any atom is 0.271 e. The zero-order valence-electron chi connectivity index (χ0n) is 13.7. The molecule has 7 nitrogen and oxygen atoms in total. The number of nitrogens with one attached hydrogen (secondary N) is 1. The fraction of sp³-hybridized carbons (Fsp3) is 0.188. The molecule has 0 unspecified atom stereocenters. The van der Waals surface area contributed by atoms with Gasteiger partial charge in [0.05, 0.1) is 18.5 Å². The van der Waals surface area contributed by atoms with Crippen molar-refractivity contribution in [3.63, 3.8) is 0 Å². The van der Waals surface area contributed by atoms with Crippen molar-refractivity contribution in [3.8, 4) is 5.75 Å². The van der Waals surface area contributed by atoms with Gasteiger partial charge in [0.15, 0.2) is 0 Å². The van der Waals surface area contributed by atoms with Crippen molar-refractivity contribution in [1.29, 1.82) is 0 Å². The number of aromatic hydroxyl groups is 1. The molecule has 0 saturated heterocycles. The Morgan fingerprint density at radius 1 is 1.44 bits per heavy atom. The predicted molar refractivity (Wildman–Crippen MR) is 99.9 cm³/mol. The Labute approximate surface area is 172 Å². The number of nitrogens with zero attached hydrogens (tertiary/aromatic N) is 3. The van der Waals surface area contributed by atoms with Crippen LogP contribution in [0.2, 0.25) is 0 Å². The summed E-state index contributed by atoms with van der Waals surface area (Å²) in [6.07, 6.45) is 5.72. The van der Waals surface area contributed by atoms with Gasteiger partial charge in [0.1, 0.15) is 5.75 Å². The minimum Gasteiger partial charge on any atom is -0.505 e. The quantitative estimate of drug-likeness (QED) is 0.263. The van der Waals surface area contributed by atoms with Gasteiger partial charge in [0.25, 0.3) is 5.91 Å². The van der Waals surface area contributed by atoms with Gasteiger partial charge in [-0.2, -0.15) is 12.0 Å². The molecule has 0 atom stereocenters. The number of aliphatic hydroxyl groups excluding tert-OH is 1. The van der Waals surface area contributed by atoms with Crippen LogP contribution in [0.5, 0.6) is 5.75 Å². The Hall–Kier alpha value is -1.49. The van der Waals surface area contributed by atoms with E-state index in [0.717, 1.165) is 0 Å². The first-order valence-corrected chi connectivity index (χ1v) is 8.19. The Kier molecular flexibility index (Phi) is 12.1. The summed E-state index contributed by atoms with van der Waals surface area (Å²) in [7, 11) is 0. The van der Waals surface area contributed by atoms with Crippen LogP contribution in [0.25, 0.3) is 0 Å². The number of aromatic nitrogens is 2. The zero-order valence-corrected chi connectivity index (χ0v) is 17.3. The maximum atomic E-state index is 11.8. The van der Waals surface area contributed by atoms with E-state index in [2.05, 4.69) is 43.1 Å². The van der Waals surface area contributed by atoms with Crippen molar-refractivity contribution >= 4 is 34.7 Å². The summed E-state index contributed by atoms with van der Waals surface area (Å²) in [4.78, 5) is 19.5. The van der Waals surface area contributed by atoms with Gasteiger partial charge in [-0.3, -0.25) is 19.2 Å². The minimum atomic E-state index is -0.399.